The van der Waals surface area contributed by atoms with Crippen molar-refractivity contribution in [1.82, 2.24) is 10.2 Å². The third-order valence-electron chi connectivity index (χ3n) is 5.46. The number of rotatable bonds is 12. The van der Waals surface area contributed by atoms with Crippen LogP contribution in [-0.4, -0.2) is 49.6 Å². The summed E-state index contributed by atoms with van der Waals surface area (Å²) in [6.07, 6.45) is 1.18. The number of amides is 2. The van der Waals surface area contributed by atoms with Crippen LogP contribution in [0, 0.1) is 0 Å². The number of carbonyl (C=O) groups excluding carboxylic acids is 2. The van der Waals surface area contributed by atoms with Crippen molar-refractivity contribution in [2.24, 2.45) is 0 Å². The molecule has 0 saturated heterocycles. The van der Waals surface area contributed by atoms with Crippen LogP contribution in [-0.2, 0) is 16.1 Å². The van der Waals surface area contributed by atoms with Gasteiger partial charge in [0, 0.05) is 46.4 Å². The average Bonchev–Trinajstić information content (AvgIpc) is 2.83. The van der Waals surface area contributed by atoms with Gasteiger partial charge in [0.05, 0.1) is 14.2 Å². The summed E-state index contributed by atoms with van der Waals surface area (Å²) in [4.78, 5) is 27.9. The predicted octanol–water partition coefficient (Wildman–Crippen LogP) is 5.11. The lowest BCUT2D eigenvalue weighted by atomic mass is 10.1. The quantitative estimate of drug-likeness (QED) is 0.429. The smallest absolute Gasteiger partial charge is 0.261 e. The Hall–Kier alpha value is -2.64. The van der Waals surface area contributed by atoms with Gasteiger partial charge in [-0.25, -0.2) is 0 Å². The highest BCUT2D eigenvalue weighted by Gasteiger charge is 2.30. The molecule has 0 radical (unpaired) electrons. The Kier molecular flexibility index (Phi) is 10.8. The molecule has 7 nitrogen and oxygen atoms in total. The first-order chi connectivity index (χ1) is 16.2. The number of halogens is 2. The van der Waals surface area contributed by atoms with Gasteiger partial charge >= 0.3 is 0 Å². The number of methoxy groups -OCH3 is 2. The van der Waals surface area contributed by atoms with E-state index in [0.29, 0.717) is 39.3 Å². The van der Waals surface area contributed by atoms with Crippen molar-refractivity contribution < 1.29 is 23.8 Å². The Balaban J connectivity index is 2.32. The van der Waals surface area contributed by atoms with Crippen LogP contribution in [0.4, 0.5) is 0 Å². The maximum absolute atomic E-state index is 13.4. The maximum Gasteiger partial charge on any atom is 0.261 e. The van der Waals surface area contributed by atoms with Crippen molar-refractivity contribution in [3.63, 3.8) is 0 Å². The zero-order chi connectivity index (χ0) is 25.3. The minimum Gasteiger partial charge on any atom is -0.496 e. The lowest BCUT2D eigenvalue weighted by Gasteiger charge is -2.32. The normalized spacial score (nSPS) is 12.4. The molecule has 186 valence electrons. The standard InChI is InChI=1S/C25H32Cl2N2O5/c1-6-16(3)28-25(31)23(7-2)29(14-20-21(26)9-8-10-22(20)27)24(30)15-34-19-12-17(32-4)11-18(13-19)33-5/h8-13,16,23H,6-7,14-15H2,1-5H3,(H,28,31)/t16-,23-/m1/s1. The van der Waals surface area contributed by atoms with Crippen LogP contribution >= 0.6 is 23.2 Å². The molecule has 2 aromatic rings. The van der Waals surface area contributed by atoms with Gasteiger partial charge in [-0.3, -0.25) is 9.59 Å². The van der Waals surface area contributed by atoms with Crippen molar-refractivity contribution in [3.05, 3.63) is 52.0 Å². The molecule has 0 fully saturated rings. The van der Waals surface area contributed by atoms with Gasteiger partial charge in [0.1, 0.15) is 23.3 Å². The van der Waals surface area contributed by atoms with Crippen molar-refractivity contribution in [3.8, 4) is 17.2 Å². The van der Waals surface area contributed by atoms with Crippen LogP contribution in [0.2, 0.25) is 10.0 Å². The second kappa shape index (κ2) is 13.3. The van der Waals surface area contributed by atoms with Crippen LogP contribution in [0.5, 0.6) is 17.2 Å². The van der Waals surface area contributed by atoms with Gasteiger partial charge in [0.15, 0.2) is 6.61 Å². The van der Waals surface area contributed by atoms with Gasteiger partial charge in [-0.1, -0.05) is 43.1 Å². The highest BCUT2D eigenvalue weighted by Crippen LogP contribution is 2.29. The number of carbonyl (C=O) groups is 2. The molecule has 0 heterocycles. The number of nitrogens with one attached hydrogen (secondary N) is 1. The van der Waals surface area contributed by atoms with Gasteiger partial charge in [-0.05, 0) is 31.9 Å². The summed E-state index contributed by atoms with van der Waals surface area (Å²) in [7, 11) is 3.06. The summed E-state index contributed by atoms with van der Waals surface area (Å²) in [6, 6.07) is 9.38. The number of nitrogens with zero attached hydrogens (tertiary/aromatic N) is 1. The topological polar surface area (TPSA) is 77.1 Å². The Morgan fingerprint density at radius 1 is 0.971 bits per heavy atom. The number of benzene rings is 2. The van der Waals surface area contributed by atoms with E-state index in [1.165, 1.54) is 19.1 Å². The molecule has 0 bridgehead atoms. The van der Waals surface area contributed by atoms with Gasteiger partial charge in [-0.2, -0.15) is 0 Å². The molecule has 0 aliphatic heterocycles. The summed E-state index contributed by atoms with van der Waals surface area (Å²) in [5, 5.41) is 3.80. The second-order valence-electron chi connectivity index (χ2n) is 7.80. The minimum absolute atomic E-state index is 0.0251. The predicted molar refractivity (Wildman–Crippen MR) is 134 cm³/mol. The fraction of sp³-hybridized carbons (Fsp3) is 0.440. The van der Waals surface area contributed by atoms with Gasteiger partial charge < -0.3 is 24.4 Å². The zero-order valence-electron chi connectivity index (χ0n) is 20.2. The molecule has 0 aliphatic rings. The van der Waals surface area contributed by atoms with Crippen LogP contribution in [0.15, 0.2) is 36.4 Å². The first-order valence-electron chi connectivity index (χ1n) is 11.1. The molecule has 0 aromatic heterocycles. The molecule has 1 N–H and O–H groups in total. The van der Waals surface area contributed by atoms with E-state index >= 15 is 0 Å². The summed E-state index contributed by atoms with van der Waals surface area (Å²) in [6.45, 7) is 5.51. The Morgan fingerprint density at radius 3 is 2.03 bits per heavy atom. The Bertz CT molecular complexity index is 943. The summed E-state index contributed by atoms with van der Waals surface area (Å²) in [5.41, 5.74) is 0.567. The zero-order valence-corrected chi connectivity index (χ0v) is 21.7. The number of hydrogen-bond acceptors (Lipinski definition) is 5. The SMILES string of the molecule is CC[C@@H](C)NC(=O)[C@@H](CC)N(Cc1c(Cl)cccc1Cl)C(=O)COc1cc(OC)cc(OC)c1. The highest BCUT2D eigenvalue weighted by atomic mass is 35.5. The molecule has 2 amide bonds. The van der Waals surface area contributed by atoms with Crippen molar-refractivity contribution in [1.29, 1.82) is 0 Å². The second-order valence-corrected chi connectivity index (χ2v) is 8.62. The third-order valence-corrected chi connectivity index (χ3v) is 6.17. The maximum atomic E-state index is 13.4. The highest BCUT2D eigenvalue weighted by molar-refractivity contribution is 6.36. The summed E-state index contributed by atoms with van der Waals surface area (Å²) < 4.78 is 16.3. The van der Waals surface area contributed by atoms with Crippen LogP contribution in [0.25, 0.3) is 0 Å². The first kappa shape index (κ1) is 27.6. The molecule has 2 rings (SSSR count). The largest absolute Gasteiger partial charge is 0.496 e. The van der Waals surface area contributed by atoms with Crippen LogP contribution < -0.4 is 19.5 Å². The van der Waals surface area contributed by atoms with Gasteiger partial charge in [0.2, 0.25) is 5.91 Å². The lowest BCUT2D eigenvalue weighted by Crippen LogP contribution is -2.51. The monoisotopic (exact) mass is 510 g/mol. The lowest BCUT2D eigenvalue weighted by molar-refractivity contribution is -0.143. The Labute approximate surface area is 211 Å². The van der Waals surface area contributed by atoms with E-state index in [1.807, 2.05) is 20.8 Å². The summed E-state index contributed by atoms with van der Waals surface area (Å²) in [5.74, 6) is 0.833. The van der Waals surface area contributed by atoms with Crippen molar-refractivity contribution in [2.75, 3.05) is 20.8 Å². The van der Waals surface area contributed by atoms with Crippen molar-refractivity contribution in [2.45, 2.75) is 52.2 Å². The van der Waals surface area contributed by atoms with E-state index < -0.39 is 6.04 Å². The van der Waals surface area contributed by atoms with E-state index in [0.717, 1.165) is 6.42 Å². The van der Waals surface area contributed by atoms with Gasteiger partial charge in [0.25, 0.3) is 5.91 Å². The third kappa shape index (κ3) is 7.43. The molecule has 34 heavy (non-hydrogen) atoms. The van der Waals surface area contributed by atoms with E-state index in [2.05, 4.69) is 5.32 Å². The summed E-state index contributed by atoms with van der Waals surface area (Å²) >= 11 is 12.7. The molecule has 0 unspecified atom stereocenters. The molecule has 2 aromatic carbocycles. The number of ether oxygens (including phenoxy) is 3. The van der Waals surface area contributed by atoms with Crippen LogP contribution in [0.3, 0.4) is 0 Å². The number of hydrogen-bond donors (Lipinski definition) is 1. The fourth-order valence-corrected chi connectivity index (χ4v) is 3.82. The minimum atomic E-state index is -0.725. The van der Waals surface area contributed by atoms with E-state index in [1.54, 1.807) is 36.4 Å². The molecular weight excluding hydrogens is 479 g/mol. The molecule has 0 spiro atoms. The van der Waals surface area contributed by atoms with Crippen LogP contribution in [0.1, 0.15) is 39.2 Å². The molecule has 0 aliphatic carbocycles. The van der Waals surface area contributed by atoms with Gasteiger partial charge in [-0.15, -0.1) is 0 Å². The molecular formula is C25H32Cl2N2O5. The molecule has 2 atom stereocenters. The molecule has 9 heteroatoms. The molecule has 0 saturated carbocycles. The Morgan fingerprint density at radius 2 is 1.53 bits per heavy atom. The van der Waals surface area contributed by atoms with E-state index in [-0.39, 0.29) is 31.0 Å². The van der Waals surface area contributed by atoms with Crippen molar-refractivity contribution >= 4 is 35.0 Å². The van der Waals surface area contributed by atoms with E-state index in [9.17, 15) is 9.59 Å². The fourth-order valence-electron chi connectivity index (χ4n) is 3.31. The first-order valence-corrected chi connectivity index (χ1v) is 11.9. The van der Waals surface area contributed by atoms with E-state index in [4.69, 9.17) is 37.4 Å². The average molecular weight is 511 g/mol.